The molecular formula is C8H13O2-. The van der Waals surface area contributed by atoms with E-state index in [1.54, 1.807) is 6.92 Å². The van der Waals surface area contributed by atoms with Crippen LogP contribution < -0.4 is 5.11 Å². The highest BCUT2D eigenvalue weighted by Gasteiger charge is 1.99. The molecule has 0 aliphatic heterocycles. The van der Waals surface area contributed by atoms with Crippen LogP contribution in [-0.4, -0.2) is 5.97 Å². The Balaban J connectivity index is 3.39. The fraction of sp³-hybridized carbons (Fsp3) is 0.625. The van der Waals surface area contributed by atoms with Crippen molar-refractivity contribution in [1.29, 1.82) is 0 Å². The molecule has 2 nitrogen and oxygen atoms in total. The minimum absolute atomic E-state index is 0.323. The van der Waals surface area contributed by atoms with Gasteiger partial charge in [0.05, 0.1) is 0 Å². The van der Waals surface area contributed by atoms with Crippen LogP contribution in [0.25, 0.3) is 0 Å². The van der Waals surface area contributed by atoms with E-state index in [0.717, 1.165) is 6.42 Å². The summed E-state index contributed by atoms with van der Waals surface area (Å²) < 4.78 is 0. The number of aliphatic carboxylic acids is 1. The van der Waals surface area contributed by atoms with Crippen LogP contribution in [0.15, 0.2) is 12.2 Å². The van der Waals surface area contributed by atoms with Crippen LogP contribution in [0.2, 0.25) is 0 Å². The zero-order chi connectivity index (χ0) is 7.98. The predicted molar refractivity (Wildman–Crippen MR) is 38.2 cm³/mol. The van der Waals surface area contributed by atoms with Gasteiger partial charge in [0.15, 0.2) is 0 Å². The van der Waals surface area contributed by atoms with Crippen molar-refractivity contribution in [3.05, 3.63) is 12.2 Å². The SMILES string of the molecule is C/C=C/CCC(C)C(=O)[O-]. The highest BCUT2D eigenvalue weighted by molar-refractivity contribution is 5.66. The topological polar surface area (TPSA) is 40.1 Å². The second-order valence-corrected chi connectivity index (χ2v) is 2.37. The standard InChI is InChI=1S/C8H14O2/c1-3-4-5-6-7(2)8(9)10/h3-4,7H,5-6H2,1-2H3,(H,9,10)/p-1/b4-3+. The lowest BCUT2D eigenvalue weighted by Crippen LogP contribution is -2.29. The monoisotopic (exact) mass is 141 g/mol. The highest BCUT2D eigenvalue weighted by atomic mass is 16.4. The number of carbonyl (C=O) groups is 1. The highest BCUT2D eigenvalue weighted by Crippen LogP contribution is 2.03. The van der Waals surface area contributed by atoms with Crippen LogP contribution in [0, 0.1) is 5.92 Å². The molecule has 0 aromatic heterocycles. The molecule has 0 spiro atoms. The molecular weight excluding hydrogens is 128 g/mol. The van der Waals surface area contributed by atoms with Crippen molar-refractivity contribution < 1.29 is 9.90 Å². The summed E-state index contributed by atoms with van der Waals surface area (Å²) in [4.78, 5) is 10.2. The number of hydrogen-bond donors (Lipinski definition) is 0. The normalized spacial score (nSPS) is 13.8. The van der Waals surface area contributed by atoms with Gasteiger partial charge >= 0.3 is 0 Å². The zero-order valence-electron chi connectivity index (χ0n) is 6.46. The summed E-state index contributed by atoms with van der Waals surface area (Å²) in [5.74, 6) is -1.28. The Morgan fingerprint density at radius 2 is 2.30 bits per heavy atom. The Bertz CT molecular complexity index is 127. The third kappa shape index (κ3) is 4.13. The maximum Gasteiger partial charge on any atom is 0.0442 e. The van der Waals surface area contributed by atoms with Gasteiger partial charge in [0.25, 0.3) is 0 Å². The molecule has 0 amide bonds. The van der Waals surface area contributed by atoms with E-state index in [1.165, 1.54) is 0 Å². The molecule has 0 heterocycles. The third-order valence-corrected chi connectivity index (χ3v) is 1.40. The molecule has 2 heteroatoms. The first-order valence-corrected chi connectivity index (χ1v) is 3.50. The summed E-state index contributed by atoms with van der Waals surface area (Å²) >= 11 is 0. The van der Waals surface area contributed by atoms with E-state index in [0.29, 0.717) is 6.42 Å². The average molecular weight is 141 g/mol. The Labute approximate surface area is 61.6 Å². The summed E-state index contributed by atoms with van der Waals surface area (Å²) in [6.45, 7) is 3.59. The van der Waals surface area contributed by atoms with Crippen molar-refractivity contribution in [3.8, 4) is 0 Å². The van der Waals surface area contributed by atoms with E-state index in [-0.39, 0.29) is 5.92 Å². The van der Waals surface area contributed by atoms with Crippen molar-refractivity contribution in [3.63, 3.8) is 0 Å². The molecule has 0 N–H and O–H groups in total. The van der Waals surface area contributed by atoms with Crippen LogP contribution >= 0.6 is 0 Å². The number of carbonyl (C=O) groups excluding carboxylic acids is 1. The van der Waals surface area contributed by atoms with Crippen LogP contribution in [0.3, 0.4) is 0 Å². The Morgan fingerprint density at radius 1 is 1.70 bits per heavy atom. The largest absolute Gasteiger partial charge is 0.550 e. The van der Waals surface area contributed by atoms with Gasteiger partial charge in [-0.3, -0.25) is 0 Å². The van der Waals surface area contributed by atoms with Gasteiger partial charge in [-0.25, -0.2) is 0 Å². The van der Waals surface area contributed by atoms with Crippen molar-refractivity contribution in [2.75, 3.05) is 0 Å². The Morgan fingerprint density at radius 3 is 2.70 bits per heavy atom. The smallest absolute Gasteiger partial charge is 0.0442 e. The molecule has 0 aromatic rings. The second kappa shape index (κ2) is 5.03. The summed E-state index contributed by atoms with van der Waals surface area (Å²) in [5, 5.41) is 10.2. The van der Waals surface area contributed by atoms with E-state index >= 15 is 0 Å². The van der Waals surface area contributed by atoms with Gasteiger partial charge in [-0.05, 0) is 25.7 Å². The Hall–Kier alpha value is -0.790. The molecule has 0 saturated heterocycles. The number of carboxylic acid groups (broad SMARTS) is 1. The van der Waals surface area contributed by atoms with Gasteiger partial charge in [-0.1, -0.05) is 19.1 Å². The van der Waals surface area contributed by atoms with Gasteiger partial charge in [0.1, 0.15) is 0 Å². The Kier molecular flexibility index (Phi) is 4.63. The molecule has 0 aliphatic rings. The summed E-state index contributed by atoms with van der Waals surface area (Å²) in [5.41, 5.74) is 0. The molecule has 58 valence electrons. The van der Waals surface area contributed by atoms with Crippen LogP contribution in [0.1, 0.15) is 26.7 Å². The van der Waals surface area contributed by atoms with Gasteiger partial charge in [-0.2, -0.15) is 0 Å². The van der Waals surface area contributed by atoms with E-state index in [9.17, 15) is 9.90 Å². The molecule has 1 unspecified atom stereocenters. The first-order valence-electron chi connectivity index (χ1n) is 3.50. The summed E-state index contributed by atoms with van der Waals surface area (Å²) in [6.07, 6.45) is 5.37. The number of allylic oxidation sites excluding steroid dienone is 2. The fourth-order valence-electron chi connectivity index (χ4n) is 0.631. The van der Waals surface area contributed by atoms with Crippen molar-refractivity contribution in [1.82, 2.24) is 0 Å². The molecule has 0 saturated carbocycles. The quantitative estimate of drug-likeness (QED) is 0.541. The minimum Gasteiger partial charge on any atom is -0.550 e. The second-order valence-electron chi connectivity index (χ2n) is 2.37. The maximum absolute atomic E-state index is 10.2. The molecule has 10 heavy (non-hydrogen) atoms. The molecule has 0 radical (unpaired) electrons. The number of carboxylic acids is 1. The van der Waals surface area contributed by atoms with Crippen molar-refractivity contribution in [2.24, 2.45) is 5.92 Å². The molecule has 0 aromatic carbocycles. The van der Waals surface area contributed by atoms with Crippen LogP contribution in [-0.2, 0) is 4.79 Å². The van der Waals surface area contributed by atoms with Crippen LogP contribution in [0.4, 0.5) is 0 Å². The molecule has 1 atom stereocenters. The maximum atomic E-state index is 10.2. The first kappa shape index (κ1) is 9.21. The third-order valence-electron chi connectivity index (χ3n) is 1.40. The lowest BCUT2D eigenvalue weighted by atomic mass is 10.1. The van der Waals surface area contributed by atoms with Crippen molar-refractivity contribution >= 4 is 5.97 Å². The minimum atomic E-state index is -0.954. The van der Waals surface area contributed by atoms with Gasteiger partial charge in [0.2, 0.25) is 0 Å². The molecule has 0 bridgehead atoms. The van der Waals surface area contributed by atoms with E-state index in [1.807, 2.05) is 19.1 Å². The summed E-state index contributed by atoms with van der Waals surface area (Å²) in [7, 11) is 0. The predicted octanol–water partition coefficient (Wildman–Crippen LogP) is 0.729. The molecule has 0 fully saturated rings. The molecule has 0 rings (SSSR count). The average Bonchev–Trinajstić information content (AvgIpc) is 1.88. The lowest BCUT2D eigenvalue weighted by molar-refractivity contribution is -0.311. The van der Waals surface area contributed by atoms with E-state index in [4.69, 9.17) is 0 Å². The summed E-state index contributed by atoms with van der Waals surface area (Å²) in [6, 6.07) is 0. The van der Waals surface area contributed by atoms with Gasteiger partial charge < -0.3 is 9.90 Å². The lowest BCUT2D eigenvalue weighted by Gasteiger charge is -2.09. The first-order chi connectivity index (χ1) is 4.68. The number of rotatable bonds is 4. The number of hydrogen-bond acceptors (Lipinski definition) is 2. The van der Waals surface area contributed by atoms with E-state index < -0.39 is 5.97 Å². The van der Waals surface area contributed by atoms with Crippen molar-refractivity contribution in [2.45, 2.75) is 26.7 Å². The van der Waals surface area contributed by atoms with Crippen LogP contribution in [0.5, 0.6) is 0 Å². The van der Waals surface area contributed by atoms with Gasteiger partial charge in [0, 0.05) is 5.97 Å². The fourth-order valence-corrected chi connectivity index (χ4v) is 0.631. The van der Waals surface area contributed by atoms with E-state index in [2.05, 4.69) is 0 Å². The molecule has 0 aliphatic carbocycles. The van der Waals surface area contributed by atoms with Gasteiger partial charge in [-0.15, -0.1) is 0 Å². The zero-order valence-corrected chi connectivity index (χ0v) is 6.46.